The van der Waals surface area contributed by atoms with E-state index >= 15 is 0 Å². The van der Waals surface area contributed by atoms with Crippen LogP contribution in [0.15, 0.2) is 18.2 Å². The van der Waals surface area contributed by atoms with Crippen LogP contribution in [0.5, 0.6) is 0 Å². The summed E-state index contributed by atoms with van der Waals surface area (Å²) in [7, 11) is 1.30. The number of esters is 1. The molecule has 2 aliphatic heterocycles. The minimum absolute atomic E-state index is 0.101. The fourth-order valence-corrected chi connectivity index (χ4v) is 3.16. The number of anilines is 1. The van der Waals surface area contributed by atoms with Crippen LogP contribution in [0.25, 0.3) is 0 Å². The Morgan fingerprint density at radius 2 is 2.27 bits per heavy atom. The molecular weight excluding hydrogens is 301 g/mol. The van der Waals surface area contributed by atoms with Gasteiger partial charge in [0.05, 0.1) is 20.3 Å². The molecule has 1 aromatic rings. The minimum atomic E-state index is -4.49. The largest absolute Gasteiger partial charge is 0.468 e. The molecule has 1 aromatic heterocycles. The molecule has 2 saturated heterocycles. The van der Waals surface area contributed by atoms with Gasteiger partial charge >= 0.3 is 12.1 Å². The number of methoxy groups -OCH3 is 1. The molecule has 0 aromatic carbocycles. The van der Waals surface area contributed by atoms with Crippen molar-refractivity contribution in [2.75, 3.05) is 38.3 Å². The highest BCUT2D eigenvalue weighted by molar-refractivity contribution is 5.79. The number of pyridine rings is 1. The standard InChI is InChI=1S/C14H15F3N2O3/c1-21-12(20)13-7-19(5-9(13)6-22-8-13)11-4-2-3-10(18-11)14(15,16)17/h2-4,9H,5-8H2,1H3/t9-,13-/m0/s1. The molecule has 0 saturated carbocycles. The summed E-state index contributed by atoms with van der Waals surface area (Å²) in [6.45, 7) is 1.28. The van der Waals surface area contributed by atoms with Crippen molar-refractivity contribution >= 4 is 11.8 Å². The van der Waals surface area contributed by atoms with Crippen LogP contribution in [0.2, 0.25) is 0 Å². The van der Waals surface area contributed by atoms with Crippen LogP contribution < -0.4 is 4.90 Å². The van der Waals surface area contributed by atoms with Crippen LogP contribution in [0.4, 0.5) is 19.0 Å². The first-order chi connectivity index (χ1) is 10.4. The molecule has 2 fully saturated rings. The summed E-state index contributed by atoms with van der Waals surface area (Å²) < 4.78 is 48.5. The highest BCUT2D eigenvalue weighted by Crippen LogP contribution is 2.43. The average Bonchev–Trinajstić information content (AvgIpc) is 3.03. The van der Waals surface area contributed by atoms with Crippen molar-refractivity contribution in [3.63, 3.8) is 0 Å². The zero-order chi connectivity index (χ0) is 16.0. The van der Waals surface area contributed by atoms with E-state index < -0.39 is 17.3 Å². The molecule has 8 heteroatoms. The molecule has 3 heterocycles. The number of halogens is 3. The zero-order valence-corrected chi connectivity index (χ0v) is 11.9. The Morgan fingerprint density at radius 3 is 2.95 bits per heavy atom. The molecule has 5 nitrogen and oxygen atoms in total. The Morgan fingerprint density at radius 1 is 1.50 bits per heavy atom. The minimum Gasteiger partial charge on any atom is -0.468 e. The van der Waals surface area contributed by atoms with Gasteiger partial charge in [-0.15, -0.1) is 0 Å². The number of aromatic nitrogens is 1. The summed E-state index contributed by atoms with van der Waals surface area (Å²) in [5.41, 5.74) is -1.75. The Bertz CT molecular complexity index is 593. The molecule has 0 amide bonds. The van der Waals surface area contributed by atoms with Crippen LogP contribution in [-0.4, -0.2) is 44.4 Å². The van der Waals surface area contributed by atoms with Crippen LogP contribution in [-0.2, 0) is 20.4 Å². The van der Waals surface area contributed by atoms with E-state index in [2.05, 4.69) is 4.98 Å². The van der Waals surface area contributed by atoms with E-state index in [1.165, 1.54) is 19.2 Å². The maximum atomic E-state index is 12.8. The van der Waals surface area contributed by atoms with Gasteiger partial charge in [0.15, 0.2) is 0 Å². The van der Waals surface area contributed by atoms with Gasteiger partial charge in [-0.2, -0.15) is 13.2 Å². The highest BCUT2D eigenvalue weighted by atomic mass is 19.4. The number of alkyl halides is 3. The lowest BCUT2D eigenvalue weighted by atomic mass is 9.81. The van der Waals surface area contributed by atoms with Gasteiger partial charge in [-0.05, 0) is 12.1 Å². The van der Waals surface area contributed by atoms with Crippen molar-refractivity contribution in [1.82, 2.24) is 4.98 Å². The maximum absolute atomic E-state index is 12.8. The monoisotopic (exact) mass is 316 g/mol. The summed E-state index contributed by atoms with van der Waals surface area (Å²) in [6.07, 6.45) is -4.49. The summed E-state index contributed by atoms with van der Waals surface area (Å²) in [5.74, 6) is -0.270. The first-order valence-electron chi connectivity index (χ1n) is 6.82. The van der Waals surface area contributed by atoms with E-state index in [1.807, 2.05) is 0 Å². The number of hydrogen-bond donors (Lipinski definition) is 0. The van der Waals surface area contributed by atoms with E-state index in [-0.39, 0.29) is 30.9 Å². The number of fused-ring (bicyclic) bond motifs is 1. The Hall–Kier alpha value is -1.83. The normalized spacial score (nSPS) is 27.8. The summed E-state index contributed by atoms with van der Waals surface area (Å²) >= 11 is 0. The lowest BCUT2D eigenvalue weighted by Crippen LogP contribution is -2.40. The van der Waals surface area contributed by atoms with Gasteiger partial charge < -0.3 is 14.4 Å². The number of carbonyl (C=O) groups excluding carboxylic acids is 1. The van der Waals surface area contributed by atoms with Crippen LogP contribution in [0.1, 0.15) is 5.69 Å². The Kier molecular flexibility index (Phi) is 3.51. The van der Waals surface area contributed by atoms with Gasteiger partial charge in [0.2, 0.25) is 0 Å². The fourth-order valence-electron chi connectivity index (χ4n) is 3.16. The van der Waals surface area contributed by atoms with Crippen molar-refractivity contribution in [2.45, 2.75) is 6.18 Å². The molecule has 0 spiro atoms. The average molecular weight is 316 g/mol. The van der Waals surface area contributed by atoms with Gasteiger partial charge in [-0.3, -0.25) is 4.79 Å². The quantitative estimate of drug-likeness (QED) is 0.778. The molecule has 0 bridgehead atoms. The molecule has 3 rings (SSSR count). The van der Waals surface area contributed by atoms with Gasteiger partial charge in [0.1, 0.15) is 16.9 Å². The van der Waals surface area contributed by atoms with Gasteiger partial charge in [0, 0.05) is 19.0 Å². The summed E-state index contributed by atoms with van der Waals surface area (Å²) in [4.78, 5) is 17.5. The Balaban J connectivity index is 1.88. The second-order valence-corrected chi connectivity index (χ2v) is 5.62. The van der Waals surface area contributed by atoms with Crippen molar-refractivity contribution in [3.05, 3.63) is 23.9 Å². The topological polar surface area (TPSA) is 51.7 Å². The Labute approximate surface area is 125 Å². The number of carbonyl (C=O) groups is 1. The van der Waals surface area contributed by atoms with Crippen LogP contribution in [0, 0.1) is 11.3 Å². The predicted molar refractivity (Wildman–Crippen MR) is 70.2 cm³/mol. The predicted octanol–water partition coefficient (Wildman–Crippen LogP) is 1.73. The number of hydrogen-bond acceptors (Lipinski definition) is 5. The third-order valence-corrected chi connectivity index (χ3v) is 4.31. The summed E-state index contributed by atoms with van der Waals surface area (Å²) in [6, 6.07) is 3.77. The number of rotatable bonds is 2. The molecule has 0 aliphatic carbocycles. The zero-order valence-electron chi connectivity index (χ0n) is 11.9. The summed E-state index contributed by atoms with van der Waals surface area (Å²) in [5, 5.41) is 0. The first-order valence-corrected chi connectivity index (χ1v) is 6.82. The van der Waals surface area contributed by atoms with Crippen molar-refractivity contribution in [3.8, 4) is 0 Å². The first kappa shape index (κ1) is 15.1. The number of nitrogens with zero attached hydrogens (tertiary/aromatic N) is 2. The van der Waals surface area contributed by atoms with Crippen molar-refractivity contribution in [1.29, 1.82) is 0 Å². The van der Waals surface area contributed by atoms with Crippen LogP contribution in [0.3, 0.4) is 0 Å². The van der Waals surface area contributed by atoms with E-state index in [4.69, 9.17) is 9.47 Å². The lowest BCUT2D eigenvalue weighted by molar-refractivity contribution is -0.152. The second-order valence-electron chi connectivity index (χ2n) is 5.62. The third kappa shape index (κ3) is 2.31. The molecule has 0 radical (unpaired) electrons. The van der Waals surface area contributed by atoms with Crippen LogP contribution >= 0.6 is 0 Å². The molecular formula is C14H15F3N2O3. The molecule has 2 aliphatic rings. The van der Waals surface area contributed by atoms with E-state index in [9.17, 15) is 18.0 Å². The molecule has 22 heavy (non-hydrogen) atoms. The number of ether oxygens (including phenoxy) is 2. The fraction of sp³-hybridized carbons (Fsp3) is 0.571. The third-order valence-electron chi connectivity index (χ3n) is 4.31. The van der Waals surface area contributed by atoms with E-state index in [0.717, 1.165) is 6.07 Å². The van der Waals surface area contributed by atoms with Crippen molar-refractivity contribution < 1.29 is 27.4 Å². The molecule has 0 N–H and O–H groups in total. The van der Waals surface area contributed by atoms with E-state index in [0.29, 0.717) is 13.2 Å². The lowest BCUT2D eigenvalue weighted by Gasteiger charge is -2.24. The molecule has 2 atom stereocenters. The van der Waals surface area contributed by atoms with E-state index in [1.54, 1.807) is 4.90 Å². The smallest absolute Gasteiger partial charge is 0.433 e. The SMILES string of the molecule is COC(=O)[C@@]12COC[C@@H]1CN(c1cccc(C(F)(F)F)n1)C2. The van der Waals surface area contributed by atoms with Gasteiger partial charge in [-0.1, -0.05) is 6.07 Å². The second kappa shape index (κ2) is 5.12. The maximum Gasteiger partial charge on any atom is 0.433 e. The molecule has 0 unspecified atom stereocenters. The molecule has 120 valence electrons. The van der Waals surface area contributed by atoms with Gasteiger partial charge in [0.25, 0.3) is 0 Å². The van der Waals surface area contributed by atoms with Crippen molar-refractivity contribution in [2.24, 2.45) is 11.3 Å². The highest BCUT2D eigenvalue weighted by Gasteiger charge is 2.57. The van der Waals surface area contributed by atoms with Gasteiger partial charge in [-0.25, -0.2) is 4.98 Å².